The van der Waals surface area contributed by atoms with Gasteiger partial charge < -0.3 is 10.3 Å². The first kappa shape index (κ1) is 19.8. The van der Waals surface area contributed by atoms with Crippen LogP contribution in [0.3, 0.4) is 0 Å². The van der Waals surface area contributed by atoms with Gasteiger partial charge in [-0.05, 0) is 48.6 Å². The lowest BCUT2D eigenvalue weighted by Gasteiger charge is -2.07. The number of aromatic amines is 1. The number of aromatic nitrogens is 1. The molecule has 144 valence electrons. The van der Waals surface area contributed by atoms with Crippen molar-refractivity contribution in [3.8, 4) is 0 Å². The smallest absolute Gasteiger partial charge is 0.251 e. The van der Waals surface area contributed by atoms with Crippen molar-refractivity contribution >= 4 is 34.2 Å². The van der Waals surface area contributed by atoms with Crippen LogP contribution in [0, 0.1) is 6.92 Å². The summed E-state index contributed by atoms with van der Waals surface area (Å²) in [5, 5.41) is 4.21. The number of nitrogens with one attached hydrogen (secondary N) is 2. The molecule has 0 saturated carbocycles. The molecule has 1 aromatic heterocycles. The van der Waals surface area contributed by atoms with Gasteiger partial charge in [-0.3, -0.25) is 14.4 Å². The zero-order valence-corrected chi connectivity index (χ0v) is 16.3. The number of amides is 1. The minimum absolute atomic E-state index is 0.0959. The topological polar surface area (TPSA) is 79.0 Å². The van der Waals surface area contributed by atoms with E-state index in [4.69, 9.17) is 11.6 Å². The van der Waals surface area contributed by atoms with Crippen LogP contribution in [0.4, 0.5) is 0 Å². The maximum Gasteiger partial charge on any atom is 0.251 e. The molecule has 2 aromatic carbocycles. The van der Waals surface area contributed by atoms with E-state index in [1.807, 2.05) is 31.2 Å². The second-order valence-corrected chi connectivity index (χ2v) is 7.18. The summed E-state index contributed by atoms with van der Waals surface area (Å²) in [6.45, 7) is 2.31. The molecule has 0 radical (unpaired) electrons. The molecule has 0 aliphatic carbocycles. The number of Topliss-reactive ketones (excluding diaryl/α,β-unsaturated/α-hetero) is 1. The molecule has 0 saturated heterocycles. The Hall–Kier alpha value is -2.92. The van der Waals surface area contributed by atoms with Crippen LogP contribution < -0.4 is 10.9 Å². The molecule has 5 nitrogen and oxygen atoms in total. The Labute approximate surface area is 167 Å². The number of benzene rings is 2. The van der Waals surface area contributed by atoms with Crippen LogP contribution in [0.1, 0.15) is 34.3 Å². The molecule has 3 aromatic rings. The van der Waals surface area contributed by atoms with Gasteiger partial charge in [0, 0.05) is 41.1 Å². The van der Waals surface area contributed by atoms with Crippen molar-refractivity contribution in [3.05, 3.63) is 80.6 Å². The highest BCUT2D eigenvalue weighted by atomic mass is 35.5. The predicted molar refractivity (Wildman–Crippen MR) is 111 cm³/mol. The molecule has 0 atom stereocenters. The molecule has 1 heterocycles. The fourth-order valence-electron chi connectivity index (χ4n) is 3.00. The molecule has 0 aliphatic rings. The number of carbonyl (C=O) groups is 2. The first-order valence-electron chi connectivity index (χ1n) is 9.10. The number of fused-ring (bicyclic) bond motifs is 1. The second-order valence-electron chi connectivity index (χ2n) is 6.75. The van der Waals surface area contributed by atoms with E-state index in [1.165, 1.54) is 0 Å². The monoisotopic (exact) mass is 396 g/mol. The number of hydrogen-bond donors (Lipinski definition) is 2. The van der Waals surface area contributed by atoms with E-state index in [0.717, 1.165) is 16.5 Å². The van der Waals surface area contributed by atoms with Crippen molar-refractivity contribution < 1.29 is 9.59 Å². The quantitative estimate of drug-likeness (QED) is 0.596. The van der Waals surface area contributed by atoms with Gasteiger partial charge in [0.1, 0.15) is 0 Å². The molecule has 0 unspecified atom stereocenters. The highest BCUT2D eigenvalue weighted by molar-refractivity contribution is 6.31. The number of ketones is 1. The van der Waals surface area contributed by atoms with Gasteiger partial charge in [0.25, 0.3) is 5.56 Å². The summed E-state index contributed by atoms with van der Waals surface area (Å²) in [4.78, 5) is 39.2. The lowest BCUT2D eigenvalue weighted by atomic mass is 10.1. The summed E-state index contributed by atoms with van der Waals surface area (Å²) >= 11 is 5.88. The SMILES string of the molecule is Cc1ccc2cc(CCNC(=O)CCC(=O)c3cccc(Cl)c3)c(=O)[nH]c2c1. The summed E-state index contributed by atoms with van der Waals surface area (Å²) in [6.07, 6.45) is 0.633. The van der Waals surface area contributed by atoms with E-state index in [9.17, 15) is 14.4 Å². The first-order valence-corrected chi connectivity index (χ1v) is 9.48. The Morgan fingerprint density at radius 3 is 2.68 bits per heavy atom. The minimum atomic E-state index is -0.219. The lowest BCUT2D eigenvalue weighted by Crippen LogP contribution is -2.27. The number of rotatable bonds is 7. The number of aryl methyl sites for hydroxylation is 1. The van der Waals surface area contributed by atoms with Crippen LogP contribution in [-0.2, 0) is 11.2 Å². The first-order chi connectivity index (χ1) is 13.4. The Morgan fingerprint density at radius 2 is 1.89 bits per heavy atom. The van der Waals surface area contributed by atoms with E-state index in [2.05, 4.69) is 10.3 Å². The maximum atomic E-state index is 12.2. The highest BCUT2D eigenvalue weighted by Gasteiger charge is 2.10. The van der Waals surface area contributed by atoms with Crippen molar-refractivity contribution in [2.24, 2.45) is 0 Å². The summed E-state index contributed by atoms with van der Waals surface area (Å²) in [5.74, 6) is -0.345. The normalized spacial score (nSPS) is 10.8. The molecule has 28 heavy (non-hydrogen) atoms. The van der Waals surface area contributed by atoms with Crippen LogP contribution in [-0.4, -0.2) is 23.2 Å². The Kier molecular flexibility index (Phi) is 6.26. The van der Waals surface area contributed by atoms with Gasteiger partial charge in [0.2, 0.25) is 5.91 Å². The van der Waals surface area contributed by atoms with Crippen molar-refractivity contribution in [1.82, 2.24) is 10.3 Å². The predicted octanol–water partition coefficient (Wildman–Crippen LogP) is 3.81. The molecular weight excluding hydrogens is 376 g/mol. The summed E-state index contributed by atoms with van der Waals surface area (Å²) in [7, 11) is 0. The molecule has 0 spiro atoms. The third kappa shape index (κ3) is 5.08. The molecule has 0 fully saturated rings. The molecule has 0 bridgehead atoms. The zero-order valence-electron chi connectivity index (χ0n) is 15.5. The highest BCUT2D eigenvalue weighted by Crippen LogP contribution is 2.14. The molecule has 0 aliphatic heterocycles. The fourth-order valence-corrected chi connectivity index (χ4v) is 3.19. The standard InChI is InChI=1S/C22H21ClN2O3/c1-14-5-6-15-12-17(22(28)25-19(15)11-14)9-10-24-21(27)8-7-20(26)16-3-2-4-18(23)13-16/h2-6,11-13H,7-10H2,1H3,(H,24,27)(H,25,28). The van der Waals surface area contributed by atoms with Gasteiger partial charge in [0.05, 0.1) is 0 Å². The van der Waals surface area contributed by atoms with Crippen LogP contribution in [0.5, 0.6) is 0 Å². The maximum absolute atomic E-state index is 12.2. The average molecular weight is 397 g/mol. The lowest BCUT2D eigenvalue weighted by molar-refractivity contribution is -0.121. The van der Waals surface area contributed by atoms with Gasteiger partial charge in [0.15, 0.2) is 5.78 Å². The Balaban J connectivity index is 1.51. The third-order valence-corrected chi connectivity index (χ3v) is 4.76. The number of H-pyrrole nitrogens is 1. The van der Waals surface area contributed by atoms with E-state index >= 15 is 0 Å². The van der Waals surface area contributed by atoms with Gasteiger partial charge in [-0.1, -0.05) is 35.9 Å². The molecule has 1 amide bonds. The van der Waals surface area contributed by atoms with E-state index in [1.54, 1.807) is 24.3 Å². The van der Waals surface area contributed by atoms with Gasteiger partial charge in [-0.2, -0.15) is 0 Å². The van der Waals surface area contributed by atoms with Crippen LogP contribution >= 0.6 is 11.6 Å². The van der Waals surface area contributed by atoms with Crippen molar-refractivity contribution in [1.29, 1.82) is 0 Å². The molecule has 3 rings (SSSR count). The van der Waals surface area contributed by atoms with E-state index in [-0.39, 0.29) is 30.1 Å². The molecular formula is C22H21ClN2O3. The Bertz CT molecular complexity index is 1090. The molecule has 6 heteroatoms. The summed E-state index contributed by atoms with van der Waals surface area (Å²) in [5.41, 5.74) is 2.85. The van der Waals surface area contributed by atoms with Crippen molar-refractivity contribution in [2.45, 2.75) is 26.2 Å². The van der Waals surface area contributed by atoms with Gasteiger partial charge >= 0.3 is 0 Å². The van der Waals surface area contributed by atoms with Crippen LogP contribution in [0.15, 0.2) is 53.3 Å². The summed E-state index contributed by atoms with van der Waals surface area (Å²) in [6, 6.07) is 14.4. The van der Waals surface area contributed by atoms with Crippen LogP contribution in [0.2, 0.25) is 5.02 Å². The van der Waals surface area contributed by atoms with Crippen molar-refractivity contribution in [2.75, 3.05) is 6.54 Å². The summed E-state index contributed by atoms with van der Waals surface area (Å²) < 4.78 is 0. The molecule has 2 N–H and O–H groups in total. The van der Waals surface area contributed by atoms with Gasteiger partial charge in [-0.25, -0.2) is 0 Å². The largest absolute Gasteiger partial charge is 0.356 e. The average Bonchev–Trinajstić information content (AvgIpc) is 2.66. The number of halogens is 1. The van der Waals surface area contributed by atoms with Crippen LogP contribution in [0.25, 0.3) is 10.9 Å². The van der Waals surface area contributed by atoms with Gasteiger partial charge in [-0.15, -0.1) is 0 Å². The minimum Gasteiger partial charge on any atom is -0.356 e. The zero-order chi connectivity index (χ0) is 20.1. The second kappa shape index (κ2) is 8.85. The fraction of sp³-hybridized carbons (Fsp3) is 0.227. The number of pyridine rings is 1. The third-order valence-electron chi connectivity index (χ3n) is 4.52. The number of carbonyl (C=O) groups excluding carboxylic acids is 2. The van der Waals surface area contributed by atoms with E-state index in [0.29, 0.717) is 29.1 Å². The van der Waals surface area contributed by atoms with E-state index < -0.39 is 0 Å². The van der Waals surface area contributed by atoms with Crippen molar-refractivity contribution in [3.63, 3.8) is 0 Å². The Morgan fingerprint density at radius 1 is 1.07 bits per heavy atom. The number of hydrogen-bond acceptors (Lipinski definition) is 3.